The average Bonchev–Trinajstić information content (AvgIpc) is 2.40. The van der Waals surface area contributed by atoms with E-state index in [4.69, 9.17) is 10.5 Å². The van der Waals surface area contributed by atoms with Gasteiger partial charge >= 0.3 is 0 Å². The second-order valence-electron chi connectivity index (χ2n) is 4.13. The zero-order chi connectivity index (χ0) is 13.0. The van der Waals surface area contributed by atoms with E-state index >= 15 is 0 Å². The van der Waals surface area contributed by atoms with Crippen LogP contribution in [-0.4, -0.2) is 19.1 Å². The van der Waals surface area contributed by atoms with Crippen molar-refractivity contribution in [2.24, 2.45) is 5.73 Å². The molecule has 0 spiro atoms. The van der Waals surface area contributed by atoms with Gasteiger partial charge in [-0.3, -0.25) is 4.79 Å². The number of aryl methyl sites for hydroxylation is 1. The molecule has 0 aromatic heterocycles. The summed E-state index contributed by atoms with van der Waals surface area (Å²) in [5, 5.41) is 2.79. The van der Waals surface area contributed by atoms with Crippen LogP contribution in [0.2, 0.25) is 0 Å². The summed E-state index contributed by atoms with van der Waals surface area (Å²) in [4.78, 5) is 11.2. The van der Waals surface area contributed by atoms with Crippen LogP contribution in [0.25, 0.3) is 0 Å². The number of fused-ring (bicyclic) bond motifs is 1. The molecule has 1 aliphatic heterocycles. The molecular weight excluding hydrogens is 235 g/mol. The van der Waals surface area contributed by atoms with Crippen LogP contribution in [0.5, 0.6) is 5.75 Å². The van der Waals surface area contributed by atoms with E-state index in [0.717, 1.165) is 11.3 Å². The maximum atomic E-state index is 12.3. The van der Waals surface area contributed by atoms with Crippen LogP contribution in [0.4, 0.5) is 10.1 Å². The van der Waals surface area contributed by atoms with Crippen molar-refractivity contribution >= 4 is 11.6 Å². The lowest BCUT2D eigenvalue weighted by Gasteiger charge is -2.17. The number of amides is 1. The second-order valence-corrected chi connectivity index (χ2v) is 4.13. The van der Waals surface area contributed by atoms with Gasteiger partial charge in [0.05, 0.1) is 6.33 Å². The summed E-state index contributed by atoms with van der Waals surface area (Å²) in [5.41, 5.74) is 7.59. The molecule has 2 rings (SSSR count). The van der Waals surface area contributed by atoms with Crippen LogP contribution in [-0.2, 0) is 11.2 Å². The number of anilines is 1. The third kappa shape index (κ3) is 2.87. The molecule has 0 bridgehead atoms. The van der Waals surface area contributed by atoms with Crippen molar-refractivity contribution in [1.82, 2.24) is 0 Å². The SMILES string of the molecule is NC/C(=C/F)COc1ccc2c(c1)CCC(=O)N2. The van der Waals surface area contributed by atoms with E-state index in [1.807, 2.05) is 6.07 Å². The number of rotatable bonds is 4. The quantitative estimate of drug-likeness (QED) is 0.855. The van der Waals surface area contributed by atoms with Crippen molar-refractivity contribution in [3.8, 4) is 5.75 Å². The number of hydrogen-bond acceptors (Lipinski definition) is 3. The summed E-state index contributed by atoms with van der Waals surface area (Å²) in [5.74, 6) is 0.680. The minimum Gasteiger partial charge on any atom is -0.489 e. The number of nitrogens with two attached hydrogens (primary N) is 1. The van der Waals surface area contributed by atoms with Gasteiger partial charge in [-0.2, -0.15) is 0 Å². The Hall–Kier alpha value is -1.88. The van der Waals surface area contributed by atoms with Gasteiger partial charge in [0.2, 0.25) is 5.91 Å². The fourth-order valence-corrected chi connectivity index (χ4v) is 1.76. The van der Waals surface area contributed by atoms with E-state index in [-0.39, 0.29) is 19.1 Å². The highest BCUT2D eigenvalue weighted by molar-refractivity contribution is 5.93. The highest BCUT2D eigenvalue weighted by atomic mass is 19.1. The smallest absolute Gasteiger partial charge is 0.224 e. The average molecular weight is 250 g/mol. The summed E-state index contributed by atoms with van der Waals surface area (Å²) < 4.78 is 17.7. The fraction of sp³-hybridized carbons (Fsp3) is 0.308. The summed E-state index contributed by atoms with van der Waals surface area (Å²) in [6.07, 6.45) is 1.65. The molecule has 1 heterocycles. The molecule has 1 amide bonds. The van der Waals surface area contributed by atoms with Crippen molar-refractivity contribution < 1.29 is 13.9 Å². The van der Waals surface area contributed by atoms with Gasteiger partial charge in [0, 0.05) is 24.2 Å². The van der Waals surface area contributed by atoms with Gasteiger partial charge in [-0.1, -0.05) is 0 Å². The maximum absolute atomic E-state index is 12.3. The lowest BCUT2D eigenvalue weighted by atomic mass is 10.0. The highest BCUT2D eigenvalue weighted by Gasteiger charge is 2.14. The van der Waals surface area contributed by atoms with Crippen molar-refractivity contribution in [3.05, 3.63) is 35.7 Å². The first-order chi connectivity index (χ1) is 8.72. The monoisotopic (exact) mass is 250 g/mol. The molecule has 3 N–H and O–H groups in total. The van der Waals surface area contributed by atoms with E-state index in [1.165, 1.54) is 0 Å². The van der Waals surface area contributed by atoms with Gasteiger partial charge < -0.3 is 15.8 Å². The summed E-state index contributed by atoms with van der Waals surface area (Å²) in [7, 11) is 0. The molecule has 0 unspecified atom stereocenters. The van der Waals surface area contributed by atoms with Gasteiger partial charge in [0.25, 0.3) is 0 Å². The summed E-state index contributed by atoms with van der Waals surface area (Å²) in [6.45, 7) is 0.273. The van der Waals surface area contributed by atoms with Gasteiger partial charge in [-0.15, -0.1) is 0 Å². The van der Waals surface area contributed by atoms with Crippen LogP contribution >= 0.6 is 0 Å². The van der Waals surface area contributed by atoms with E-state index in [9.17, 15) is 9.18 Å². The number of benzene rings is 1. The van der Waals surface area contributed by atoms with Gasteiger partial charge in [0.1, 0.15) is 12.4 Å². The molecule has 0 saturated carbocycles. The van der Waals surface area contributed by atoms with Crippen LogP contribution < -0.4 is 15.8 Å². The molecule has 4 nitrogen and oxygen atoms in total. The molecule has 5 heteroatoms. The minimum atomic E-state index is 0.0296. The topological polar surface area (TPSA) is 64.3 Å². The molecule has 0 aliphatic carbocycles. The normalized spacial score (nSPS) is 15.0. The predicted molar refractivity (Wildman–Crippen MR) is 67.1 cm³/mol. The van der Waals surface area contributed by atoms with E-state index in [1.54, 1.807) is 12.1 Å². The van der Waals surface area contributed by atoms with Crippen molar-refractivity contribution in [2.45, 2.75) is 12.8 Å². The zero-order valence-electron chi connectivity index (χ0n) is 9.91. The first-order valence-corrected chi connectivity index (χ1v) is 5.76. The first-order valence-electron chi connectivity index (χ1n) is 5.76. The van der Waals surface area contributed by atoms with Gasteiger partial charge in [0.15, 0.2) is 0 Å². The fourth-order valence-electron chi connectivity index (χ4n) is 1.76. The third-order valence-corrected chi connectivity index (χ3v) is 2.81. The molecule has 1 aromatic carbocycles. The van der Waals surface area contributed by atoms with Crippen LogP contribution in [0.15, 0.2) is 30.1 Å². The number of ether oxygens (including phenoxy) is 1. The minimum absolute atomic E-state index is 0.0296. The van der Waals surface area contributed by atoms with Crippen molar-refractivity contribution in [2.75, 3.05) is 18.5 Å². The molecule has 0 saturated heterocycles. The van der Waals surface area contributed by atoms with Crippen molar-refractivity contribution in [3.63, 3.8) is 0 Å². The van der Waals surface area contributed by atoms with Crippen molar-refractivity contribution in [1.29, 1.82) is 0 Å². The Morgan fingerprint density at radius 2 is 2.33 bits per heavy atom. The maximum Gasteiger partial charge on any atom is 0.224 e. The Balaban J connectivity index is 2.05. The van der Waals surface area contributed by atoms with Crippen LogP contribution in [0, 0.1) is 0 Å². The number of nitrogens with one attached hydrogen (secondary N) is 1. The number of hydrogen-bond donors (Lipinski definition) is 2. The molecule has 0 radical (unpaired) electrons. The molecule has 96 valence electrons. The predicted octanol–water partition coefficient (Wildman–Crippen LogP) is 1.76. The Labute approximate surface area is 105 Å². The van der Waals surface area contributed by atoms with Crippen LogP contribution in [0.1, 0.15) is 12.0 Å². The lowest BCUT2D eigenvalue weighted by molar-refractivity contribution is -0.116. The van der Waals surface area contributed by atoms with Crippen LogP contribution in [0.3, 0.4) is 0 Å². The lowest BCUT2D eigenvalue weighted by Crippen LogP contribution is -2.19. The zero-order valence-corrected chi connectivity index (χ0v) is 9.91. The molecule has 0 atom stereocenters. The second kappa shape index (κ2) is 5.64. The van der Waals surface area contributed by atoms with E-state index < -0.39 is 0 Å². The van der Waals surface area contributed by atoms with E-state index in [0.29, 0.717) is 30.5 Å². The summed E-state index contributed by atoms with van der Waals surface area (Å²) in [6, 6.07) is 5.40. The molecule has 18 heavy (non-hydrogen) atoms. The first kappa shape index (κ1) is 12.6. The Morgan fingerprint density at radius 1 is 1.50 bits per heavy atom. The molecule has 1 aromatic rings. The van der Waals surface area contributed by atoms with Gasteiger partial charge in [-0.05, 0) is 30.2 Å². The largest absolute Gasteiger partial charge is 0.489 e. The summed E-state index contributed by atoms with van der Waals surface area (Å²) >= 11 is 0. The standard InChI is InChI=1S/C13H15FN2O2/c14-6-9(7-15)8-18-11-2-3-12-10(5-11)1-4-13(17)16-12/h2-3,5-6H,1,4,7-8,15H2,(H,16,17)/b9-6-. The third-order valence-electron chi connectivity index (χ3n) is 2.81. The number of carbonyl (C=O) groups excluding carboxylic acids is 1. The van der Waals surface area contributed by atoms with E-state index in [2.05, 4.69) is 5.32 Å². The molecule has 0 fully saturated rings. The number of halogens is 1. The molecular formula is C13H15FN2O2. The Bertz CT molecular complexity index is 486. The Morgan fingerprint density at radius 3 is 3.06 bits per heavy atom. The van der Waals surface area contributed by atoms with Gasteiger partial charge in [-0.25, -0.2) is 4.39 Å². The molecule has 1 aliphatic rings. The number of carbonyl (C=O) groups is 1. The highest BCUT2D eigenvalue weighted by Crippen LogP contribution is 2.26. The Kier molecular flexibility index (Phi) is 3.94.